The zero-order chi connectivity index (χ0) is 22.5. The van der Waals surface area contributed by atoms with Crippen LogP contribution in [0.25, 0.3) is 10.8 Å². The van der Waals surface area contributed by atoms with Crippen LogP contribution in [0.5, 0.6) is 0 Å². The molecule has 2 aromatic rings. The molecule has 0 atom stereocenters. The lowest BCUT2D eigenvalue weighted by Crippen LogP contribution is -1.86. The van der Waals surface area contributed by atoms with Gasteiger partial charge in [-0.1, -0.05) is 145 Å². The topological polar surface area (TPSA) is 0 Å². The number of benzene rings is 2. The van der Waals surface area contributed by atoms with Crippen molar-refractivity contribution >= 4 is 10.8 Å². The van der Waals surface area contributed by atoms with Gasteiger partial charge in [0.2, 0.25) is 0 Å². The summed E-state index contributed by atoms with van der Waals surface area (Å²) in [6.45, 7) is 2.30. The molecule has 0 fully saturated rings. The Morgan fingerprint density at radius 1 is 0.500 bits per heavy atom. The van der Waals surface area contributed by atoms with E-state index in [0.29, 0.717) is 0 Å². The second-order valence-corrected chi connectivity index (χ2v) is 9.78. The number of aryl methyl sites for hydroxylation is 1. The van der Waals surface area contributed by atoms with Gasteiger partial charge >= 0.3 is 0 Å². The molecule has 0 heterocycles. The Bertz CT molecular complexity index is 711. The highest BCUT2D eigenvalue weighted by Gasteiger charge is 1.97. The van der Waals surface area contributed by atoms with Crippen LogP contribution in [0.15, 0.2) is 54.6 Å². The van der Waals surface area contributed by atoms with Gasteiger partial charge in [-0.15, -0.1) is 0 Å². The van der Waals surface area contributed by atoms with Crippen LogP contribution in [0.2, 0.25) is 0 Å². The van der Waals surface area contributed by atoms with E-state index in [1.54, 1.807) is 0 Å². The molecular weight excluding hydrogens is 384 g/mol. The molecule has 0 N–H and O–H groups in total. The molecule has 178 valence electrons. The molecule has 2 aromatic carbocycles. The Morgan fingerprint density at radius 2 is 1.00 bits per heavy atom. The van der Waals surface area contributed by atoms with Gasteiger partial charge in [-0.25, -0.2) is 0 Å². The zero-order valence-electron chi connectivity index (χ0n) is 21.1. The van der Waals surface area contributed by atoms with Crippen LogP contribution in [0.1, 0.15) is 128 Å². The van der Waals surface area contributed by atoms with E-state index in [-0.39, 0.29) is 0 Å². The van der Waals surface area contributed by atoms with Crippen LogP contribution in [0.4, 0.5) is 0 Å². The largest absolute Gasteiger partial charge is 0.0885 e. The lowest BCUT2D eigenvalue weighted by molar-refractivity contribution is 0.545. The lowest BCUT2D eigenvalue weighted by atomic mass is 10.0. The number of rotatable bonds is 20. The molecule has 2 rings (SSSR count). The van der Waals surface area contributed by atoms with Crippen molar-refractivity contribution in [3.63, 3.8) is 0 Å². The average molecular weight is 435 g/mol. The minimum atomic E-state index is 1.22. The maximum atomic E-state index is 2.44. The monoisotopic (exact) mass is 434 g/mol. The second kappa shape index (κ2) is 19.0. The van der Waals surface area contributed by atoms with E-state index in [9.17, 15) is 0 Å². The average Bonchev–Trinajstić information content (AvgIpc) is 2.82. The van der Waals surface area contributed by atoms with Crippen LogP contribution in [0.3, 0.4) is 0 Å². The molecule has 0 aromatic heterocycles. The Kier molecular flexibility index (Phi) is 15.8. The lowest BCUT2D eigenvalue weighted by Gasteiger charge is -2.04. The number of hydrogen-bond donors (Lipinski definition) is 0. The Morgan fingerprint density at radius 3 is 1.59 bits per heavy atom. The van der Waals surface area contributed by atoms with E-state index in [1.807, 2.05) is 0 Å². The van der Waals surface area contributed by atoms with Crippen LogP contribution in [0, 0.1) is 0 Å². The number of hydrogen-bond acceptors (Lipinski definition) is 0. The molecule has 0 aliphatic heterocycles. The molecule has 0 saturated carbocycles. The fraction of sp³-hybridized carbons (Fsp3) is 0.625. The smallest absolute Gasteiger partial charge is 0.0181 e. The van der Waals surface area contributed by atoms with Gasteiger partial charge in [-0.2, -0.15) is 0 Å². The standard InChI is InChI=1S/C32H50/c1-2-3-4-5-6-7-8-9-10-11-12-13-14-15-16-17-18-19-20-21-24-30-27-28-31-25-22-23-26-32(31)29-30/h15-16,22-23,25-29H,2-14,17-21,24H2,1H3/b16-15+. The minimum absolute atomic E-state index is 1.22. The maximum absolute atomic E-state index is 2.44. The van der Waals surface area contributed by atoms with E-state index >= 15 is 0 Å². The van der Waals surface area contributed by atoms with Crippen LogP contribution in [-0.4, -0.2) is 0 Å². The zero-order valence-corrected chi connectivity index (χ0v) is 21.1. The predicted octanol–water partition coefficient (Wildman–Crippen LogP) is 11.0. The fourth-order valence-corrected chi connectivity index (χ4v) is 4.68. The highest BCUT2D eigenvalue weighted by atomic mass is 14.0. The first kappa shape index (κ1) is 26.7. The number of allylic oxidation sites excluding steroid dienone is 2. The number of unbranched alkanes of at least 4 members (excludes halogenated alkanes) is 16. The van der Waals surface area contributed by atoms with Crippen molar-refractivity contribution in [2.24, 2.45) is 0 Å². The van der Waals surface area contributed by atoms with Gasteiger partial charge in [0.05, 0.1) is 0 Å². The van der Waals surface area contributed by atoms with Crippen LogP contribution < -0.4 is 0 Å². The minimum Gasteiger partial charge on any atom is -0.0885 e. The third-order valence-corrected chi connectivity index (χ3v) is 6.79. The second-order valence-electron chi connectivity index (χ2n) is 9.78. The quantitative estimate of drug-likeness (QED) is 0.143. The van der Waals surface area contributed by atoms with Gasteiger partial charge in [0.15, 0.2) is 0 Å². The molecule has 0 aliphatic rings. The van der Waals surface area contributed by atoms with Crippen molar-refractivity contribution in [1.29, 1.82) is 0 Å². The Balaban J connectivity index is 1.32. The first-order valence-electron chi connectivity index (χ1n) is 14.0. The van der Waals surface area contributed by atoms with E-state index < -0.39 is 0 Å². The molecule has 0 unspecified atom stereocenters. The SMILES string of the molecule is CCCCCCCCCCCCCC/C=C/CCCCCCc1ccc2ccccc2c1. The highest BCUT2D eigenvalue weighted by molar-refractivity contribution is 5.82. The van der Waals surface area contributed by atoms with E-state index in [2.05, 4.69) is 61.5 Å². The van der Waals surface area contributed by atoms with Crippen molar-refractivity contribution in [2.45, 2.75) is 129 Å². The molecule has 0 heteroatoms. The summed E-state index contributed by atoms with van der Waals surface area (Å²) >= 11 is 0. The molecular formula is C32H50. The Hall–Kier alpha value is -1.56. The van der Waals surface area contributed by atoms with Crippen molar-refractivity contribution < 1.29 is 0 Å². The maximum Gasteiger partial charge on any atom is -0.0181 e. The molecule has 0 bridgehead atoms. The molecule has 0 aliphatic carbocycles. The van der Waals surface area contributed by atoms with Gasteiger partial charge in [0, 0.05) is 0 Å². The van der Waals surface area contributed by atoms with Crippen LogP contribution in [-0.2, 0) is 6.42 Å². The normalized spacial score (nSPS) is 11.7. The summed E-state index contributed by atoms with van der Waals surface area (Å²) in [7, 11) is 0. The third kappa shape index (κ3) is 13.1. The highest BCUT2D eigenvalue weighted by Crippen LogP contribution is 2.18. The summed E-state index contributed by atoms with van der Waals surface area (Å²) in [5, 5.41) is 2.73. The predicted molar refractivity (Wildman–Crippen MR) is 146 cm³/mol. The van der Waals surface area contributed by atoms with Gasteiger partial charge in [0.1, 0.15) is 0 Å². The first-order valence-corrected chi connectivity index (χ1v) is 14.0. The van der Waals surface area contributed by atoms with Crippen molar-refractivity contribution in [3.8, 4) is 0 Å². The number of fused-ring (bicyclic) bond motifs is 1. The first-order chi connectivity index (χ1) is 15.9. The van der Waals surface area contributed by atoms with Gasteiger partial charge in [-0.05, 0) is 54.9 Å². The summed E-state index contributed by atoms with van der Waals surface area (Å²) in [5.74, 6) is 0. The molecule has 0 spiro atoms. The molecule has 0 nitrogen and oxygen atoms in total. The third-order valence-electron chi connectivity index (χ3n) is 6.79. The summed E-state index contributed by atoms with van der Waals surface area (Å²) < 4.78 is 0. The van der Waals surface area contributed by atoms with E-state index in [0.717, 1.165) is 0 Å². The van der Waals surface area contributed by atoms with Crippen LogP contribution >= 0.6 is 0 Å². The summed E-state index contributed by atoms with van der Waals surface area (Å²) in [6.07, 6.45) is 31.4. The molecule has 0 saturated heterocycles. The summed E-state index contributed by atoms with van der Waals surface area (Å²) in [4.78, 5) is 0. The summed E-state index contributed by atoms with van der Waals surface area (Å²) in [6, 6.07) is 15.6. The van der Waals surface area contributed by atoms with Crippen molar-refractivity contribution in [1.82, 2.24) is 0 Å². The van der Waals surface area contributed by atoms with Crippen molar-refractivity contribution in [2.75, 3.05) is 0 Å². The van der Waals surface area contributed by atoms with Gasteiger partial charge in [-0.3, -0.25) is 0 Å². The molecule has 0 radical (unpaired) electrons. The fourth-order valence-electron chi connectivity index (χ4n) is 4.68. The van der Waals surface area contributed by atoms with E-state index in [4.69, 9.17) is 0 Å². The van der Waals surface area contributed by atoms with Gasteiger partial charge < -0.3 is 0 Å². The summed E-state index contributed by atoms with van der Waals surface area (Å²) in [5.41, 5.74) is 1.49. The van der Waals surface area contributed by atoms with Gasteiger partial charge in [0.25, 0.3) is 0 Å². The Labute approximate surface area is 199 Å². The molecule has 32 heavy (non-hydrogen) atoms. The van der Waals surface area contributed by atoms with E-state index in [1.165, 1.54) is 138 Å². The molecule has 0 amide bonds. The van der Waals surface area contributed by atoms with Crippen molar-refractivity contribution in [3.05, 3.63) is 60.2 Å².